The topological polar surface area (TPSA) is 108 Å². The largest absolute Gasteiger partial charge is 0.491 e. The number of amides is 1. The van der Waals surface area contributed by atoms with Gasteiger partial charge in [-0.1, -0.05) is 0 Å². The maximum Gasteiger partial charge on any atom is 0.339 e. The zero-order chi connectivity index (χ0) is 18.6. The van der Waals surface area contributed by atoms with Crippen molar-refractivity contribution in [2.45, 2.75) is 31.8 Å². The molecule has 0 aliphatic rings. The molecule has 2 aromatic rings. The smallest absolute Gasteiger partial charge is 0.339 e. The molecule has 0 spiro atoms. The van der Waals surface area contributed by atoms with Gasteiger partial charge in [-0.25, -0.2) is 0 Å². The van der Waals surface area contributed by atoms with Gasteiger partial charge in [-0.05, 0) is 56.3 Å². The second kappa shape index (κ2) is 7.43. The van der Waals surface area contributed by atoms with E-state index in [1.165, 1.54) is 37.3 Å². The van der Waals surface area contributed by atoms with Crippen molar-refractivity contribution in [3.05, 3.63) is 42.5 Å². The highest BCUT2D eigenvalue weighted by Crippen LogP contribution is 2.26. The highest BCUT2D eigenvalue weighted by Gasteiger charge is 2.18. The van der Waals surface area contributed by atoms with Crippen molar-refractivity contribution in [3.8, 4) is 11.5 Å². The normalized spacial score (nSPS) is 11.2. The van der Waals surface area contributed by atoms with E-state index in [-0.39, 0.29) is 28.3 Å². The maximum atomic E-state index is 12.4. The molecule has 0 heterocycles. The van der Waals surface area contributed by atoms with Crippen molar-refractivity contribution in [2.24, 2.45) is 0 Å². The third-order valence-corrected chi connectivity index (χ3v) is 4.27. The minimum Gasteiger partial charge on any atom is -0.491 e. The fraction of sp³-hybridized carbons (Fsp3) is 0.235. The summed E-state index contributed by atoms with van der Waals surface area (Å²) < 4.78 is 35.3. The molecule has 2 aromatic carbocycles. The summed E-state index contributed by atoms with van der Waals surface area (Å²) in [7, 11) is -4.05. The van der Waals surface area contributed by atoms with Crippen molar-refractivity contribution in [1.29, 1.82) is 0 Å². The fourth-order valence-electron chi connectivity index (χ4n) is 2.02. The van der Waals surface area contributed by atoms with Gasteiger partial charge in [0.2, 0.25) is 5.91 Å². The Morgan fingerprint density at radius 1 is 1.08 bits per heavy atom. The van der Waals surface area contributed by atoms with Crippen LogP contribution in [0.2, 0.25) is 0 Å². The molecule has 0 aliphatic carbocycles. The van der Waals surface area contributed by atoms with Gasteiger partial charge < -0.3 is 20.0 Å². The standard InChI is InChI=1S/C17H20N2O5S/c1-11(2)23-13-4-6-14(7-5-13)24-25(21,22)15-8-9-17(16(18)10-15)19-12(3)20/h4-11H,18H2,1-3H3,(H,19,20). The summed E-state index contributed by atoms with van der Waals surface area (Å²) in [5.74, 6) is 0.464. The molecule has 8 heteroatoms. The van der Waals surface area contributed by atoms with Crippen molar-refractivity contribution in [2.75, 3.05) is 11.1 Å². The molecule has 7 nitrogen and oxygen atoms in total. The first kappa shape index (κ1) is 18.6. The molecule has 0 aromatic heterocycles. The first-order valence-electron chi connectivity index (χ1n) is 7.55. The molecule has 0 fully saturated rings. The Hall–Kier alpha value is -2.74. The van der Waals surface area contributed by atoms with Crippen LogP contribution in [-0.4, -0.2) is 20.4 Å². The molecule has 25 heavy (non-hydrogen) atoms. The molecular formula is C17H20N2O5S. The van der Waals surface area contributed by atoms with Gasteiger partial charge in [0.25, 0.3) is 0 Å². The van der Waals surface area contributed by atoms with Crippen LogP contribution in [0.3, 0.4) is 0 Å². The Morgan fingerprint density at radius 3 is 2.20 bits per heavy atom. The van der Waals surface area contributed by atoms with Crippen molar-refractivity contribution < 1.29 is 22.1 Å². The number of anilines is 2. The van der Waals surface area contributed by atoms with Gasteiger partial charge in [-0.2, -0.15) is 8.42 Å². The molecule has 134 valence electrons. The first-order valence-corrected chi connectivity index (χ1v) is 8.96. The van der Waals surface area contributed by atoms with Crippen LogP contribution in [-0.2, 0) is 14.9 Å². The molecule has 1 amide bonds. The lowest BCUT2D eigenvalue weighted by atomic mass is 10.2. The number of nitrogens with two attached hydrogens (primary N) is 1. The van der Waals surface area contributed by atoms with E-state index >= 15 is 0 Å². The van der Waals surface area contributed by atoms with Crippen LogP contribution in [0.25, 0.3) is 0 Å². The summed E-state index contributed by atoms with van der Waals surface area (Å²) in [6.07, 6.45) is 0.0144. The third kappa shape index (κ3) is 5.12. The second-order valence-corrected chi connectivity index (χ2v) is 7.15. The highest BCUT2D eigenvalue weighted by atomic mass is 32.2. The number of rotatable bonds is 6. The number of nitrogens with one attached hydrogen (secondary N) is 1. The van der Waals surface area contributed by atoms with Gasteiger partial charge in [0.05, 0.1) is 17.5 Å². The van der Waals surface area contributed by atoms with Crippen molar-refractivity contribution in [1.82, 2.24) is 0 Å². The monoisotopic (exact) mass is 364 g/mol. The predicted molar refractivity (Wildman–Crippen MR) is 95.2 cm³/mol. The number of hydrogen-bond donors (Lipinski definition) is 2. The van der Waals surface area contributed by atoms with Gasteiger partial charge in [0.1, 0.15) is 16.4 Å². The SMILES string of the molecule is CC(=O)Nc1ccc(S(=O)(=O)Oc2ccc(OC(C)C)cc2)cc1N. The summed E-state index contributed by atoms with van der Waals surface area (Å²) in [6, 6.07) is 10.2. The molecule has 3 N–H and O–H groups in total. The van der Waals surface area contributed by atoms with Crippen LogP contribution < -0.4 is 20.0 Å². The Morgan fingerprint density at radius 2 is 1.68 bits per heavy atom. The highest BCUT2D eigenvalue weighted by molar-refractivity contribution is 7.87. The minimum atomic E-state index is -4.05. The number of benzene rings is 2. The molecule has 0 aliphatic heterocycles. The summed E-state index contributed by atoms with van der Waals surface area (Å²) in [5, 5.41) is 2.51. The van der Waals surface area contributed by atoms with Crippen LogP contribution in [0.15, 0.2) is 47.4 Å². The van der Waals surface area contributed by atoms with Crippen LogP contribution >= 0.6 is 0 Å². The van der Waals surface area contributed by atoms with Crippen molar-refractivity contribution in [3.63, 3.8) is 0 Å². The van der Waals surface area contributed by atoms with E-state index in [0.717, 1.165) is 0 Å². The van der Waals surface area contributed by atoms with E-state index in [1.807, 2.05) is 13.8 Å². The molecule has 0 unspecified atom stereocenters. The Kier molecular flexibility index (Phi) is 5.53. The molecule has 0 atom stereocenters. The summed E-state index contributed by atoms with van der Waals surface area (Å²) in [5.41, 5.74) is 6.24. The molecule has 0 radical (unpaired) electrons. The minimum absolute atomic E-state index is 0.0144. The predicted octanol–water partition coefficient (Wildman–Crippen LogP) is 2.78. The van der Waals surface area contributed by atoms with Crippen LogP contribution in [0.1, 0.15) is 20.8 Å². The fourth-order valence-corrected chi connectivity index (χ4v) is 2.99. The average Bonchev–Trinajstić information content (AvgIpc) is 2.50. The van der Waals surface area contributed by atoms with Gasteiger partial charge >= 0.3 is 10.1 Å². The van der Waals surface area contributed by atoms with E-state index in [2.05, 4.69) is 5.32 Å². The zero-order valence-corrected chi connectivity index (χ0v) is 15.0. The lowest BCUT2D eigenvalue weighted by Gasteiger charge is -2.12. The number of carbonyl (C=O) groups excluding carboxylic acids is 1. The Labute approximate surface area is 146 Å². The van der Waals surface area contributed by atoms with E-state index in [1.54, 1.807) is 12.1 Å². The van der Waals surface area contributed by atoms with Gasteiger partial charge in [-0.3, -0.25) is 4.79 Å². The van der Waals surface area contributed by atoms with E-state index in [4.69, 9.17) is 14.7 Å². The summed E-state index contributed by atoms with van der Waals surface area (Å²) in [4.78, 5) is 11.0. The van der Waals surface area contributed by atoms with Crippen LogP contribution in [0.4, 0.5) is 11.4 Å². The molecule has 2 rings (SSSR count). The lowest BCUT2D eigenvalue weighted by Crippen LogP contribution is -2.12. The lowest BCUT2D eigenvalue weighted by molar-refractivity contribution is -0.114. The molecule has 0 saturated carbocycles. The van der Waals surface area contributed by atoms with E-state index < -0.39 is 10.1 Å². The molecule has 0 saturated heterocycles. The van der Waals surface area contributed by atoms with E-state index in [9.17, 15) is 13.2 Å². The van der Waals surface area contributed by atoms with Gasteiger partial charge in [0, 0.05) is 6.92 Å². The van der Waals surface area contributed by atoms with Crippen LogP contribution in [0, 0.1) is 0 Å². The number of hydrogen-bond acceptors (Lipinski definition) is 6. The Bertz CT molecular complexity index is 861. The number of carbonyl (C=O) groups is 1. The number of nitrogen functional groups attached to an aromatic ring is 1. The first-order chi connectivity index (χ1) is 11.7. The molecular weight excluding hydrogens is 344 g/mol. The maximum absolute atomic E-state index is 12.4. The molecule has 0 bridgehead atoms. The number of ether oxygens (including phenoxy) is 1. The van der Waals surface area contributed by atoms with Gasteiger partial charge in [0.15, 0.2) is 0 Å². The van der Waals surface area contributed by atoms with E-state index in [0.29, 0.717) is 11.4 Å². The van der Waals surface area contributed by atoms with Crippen LogP contribution in [0.5, 0.6) is 11.5 Å². The van der Waals surface area contributed by atoms with Gasteiger partial charge in [-0.15, -0.1) is 0 Å². The zero-order valence-electron chi connectivity index (χ0n) is 14.1. The van der Waals surface area contributed by atoms with Crippen molar-refractivity contribution >= 4 is 27.4 Å². The Balaban J connectivity index is 2.18. The second-order valence-electron chi connectivity index (χ2n) is 5.61. The third-order valence-electron chi connectivity index (χ3n) is 3.02. The summed E-state index contributed by atoms with van der Waals surface area (Å²) in [6.45, 7) is 5.12. The average molecular weight is 364 g/mol. The summed E-state index contributed by atoms with van der Waals surface area (Å²) >= 11 is 0. The quantitative estimate of drug-likeness (QED) is 0.603.